The van der Waals surface area contributed by atoms with Crippen LogP contribution < -0.4 is 4.90 Å². The third-order valence-electron chi connectivity index (χ3n) is 4.67. The second-order valence-corrected chi connectivity index (χ2v) is 6.61. The van der Waals surface area contributed by atoms with Crippen molar-refractivity contribution in [3.05, 3.63) is 29.8 Å². The van der Waals surface area contributed by atoms with E-state index in [-0.39, 0.29) is 18.7 Å². The van der Waals surface area contributed by atoms with E-state index in [0.717, 1.165) is 12.6 Å². The van der Waals surface area contributed by atoms with Crippen LogP contribution in [-0.2, 0) is 20.8 Å². The topological polar surface area (TPSA) is 115 Å². The zero-order valence-electron chi connectivity index (χ0n) is 14.9. The smallest absolute Gasteiger partial charge is 0.413 e. The minimum absolute atomic E-state index is 0.125. The van der Waals surface area contributed by atoms with Gasteiger partial charge >= 0.3 is 12.1 Å². The molecular weight excluding hydrogens is 340 g/mol. The van der Waals surface area contributed by atoms with Gasteiger partial charge in [0.25, 0.3) is 0 Å². The molecule has 3 amide bonds. The number of anilines is 1. The lowest BCUT2D eigenvalue weighted by atomic mass is 9.94. The van der Waals surface area contributed by atoms with Crippen molar-refractivity contribution in [1.82, 2.24) is 4.90 Å². The Kier molecular flexibility index (Phi) is 5.64. The van der Waals surface area contributed by atoms with Gasteiger partial charge in [-0.05, 0) is 18.1 Å². The second-order valence-electron chi connectivity index (χ2n) is 6.61. The van der Waals surface area contributed by atoms with Crippen LogP contribution in [0.15, 0.2) is 24.3 Å². The Labute approximate surface area is 151 Å². The zero-order valence-corrected chi connectivity index (χ0v) is 14.9. The number of hydrogen-bond donors (Lipinski definition) is 2. The van der Waals surface area contributed by atoms with Gasteiger partial charge in [-0.25, -0.2) is 9.59 Å². The maximum absolute atomic E-state index is 12.9. The Hall–Kier alpha value is -2.90. The second kappa shape index (κ2) is 7.55. The van der Waals surface area contributed by atoms with Crippen LogP contribution >= 0.6 is 0 Å². The Morgan fingerprint density at radius 1 is 1.15 bits per heavy atom. The lowest BCUT2D eigenvalue weighted by Crippen LogP contribution is -2.46. The van der Waals surface area contributed by atoms with E-state index in [1.807, 2.05) is 0 Å². The first-order valence-electron chi connectivity index (χ1n) is 8.29. The number of amides is 3. The summed E-state index contributed by atoms with van der Waals surface area (Å²) in [4.78, 5) is 49.3. The Morgan fingerprint density at radius 2 is 1.77 bits per heavy atom. The van der Waals surface area contributed by atoms with Crippen LogP contribution in [0.2, 0.25) is 0 Å². The van der Waals surface area contributed by atoms with Crippen molar-refractivity contribution in [2.75, 3.05) is 11.9 Å². The van der Waals surface area contributed by atoms with E-state index in [1.54, 1.807) is 38.1 Å². The molecule has 2 N–H and O–H groups in total. The molecule has 0 radical (unpaired) electrons. The number of benzene rings is 1. The minimum atomic E-state index is -1.36. The predicted molar refractivity (Wildman–Crippen MR) is 92.8 cm³/mol. The first-order valence-corrected chi connectivity index (χ1v) is 8.29. The average Bonchev–Trinajstić information content (AvgIpc) is 2.99. The molecule has 0 saturated carbocycles. The fraction of sp³-hybridized carbons (Fsp3) is 0.444. The molecular formula is C18H22N2O6. The van der Waals surface area contributed by atoms with Crippen molar-refractivity contribution in [3.63, 3.8) is 0 Å². The van der Waals surface area contributed by atoms with Gasteiger partial charge < -0.3 is 10.2 Å². The van der Waals surface area contributed by atoms with E-state index < -0.39 is 35.8 Å². The zero-order chi connectivity index (χ0) is 19.6. The summed E-state index contributed by atoms with van der Waals surface area (Å²) in [5.41, 5.74) is 1.36. The summed E-state index contributed by atoms with van der Waals surface area (Å²) in [5, 5.41) is 18.4. The van der Waals surface area contributed by atoms with Crippen LogP contribution in [0.5, 0.6) is 0 Å². The molecule has 1 aliphatic heterocycles. The van der Waals surface area contributed by atoms with Crippen molar-refractivity contribution in [2.45, 2.75) is 32.7 Å². The molecule has 140 valence electrons. The van der Waals surface area contributed by atoms with Gasteiger partial charge in [-0.2, -0.15) is 0 Å². The van der Waals surface area contributed by atoms with Crippen LogP contribution in [-0.4, -0.2) is 52.1 Å². The molecule has 0 aromatic heterocycles. The number of hydrogen-bond acceptors (Lipinski definition) is 4. The molecule has 0 unspecified atom stereocenters. The summed E-state index contributed by atoms with van der Waals surface area (Å²) in [6.45, 7) is 3.17. The van der Waals surface area contributed by atoms with Crippen LogP contribution in [0.4, 0.5) is 10.5 Å². The van der Waals surface area contributed by atoms with E-state index in [0.29, 0.717) is 10.6 Å². The van der Waals surface area contributed by atoms with Gasteiger partial charge in [0, 0.05) is 31.0 Å². The van der Waals surface area contributed by atoms with Crippen molar-refractivity contribution in [2.24, 2.45) is 11.8 Å². The molecule has 2 rings (SSSR count). The third-order valence-corrected chi connectivity index (χ3v) is 4.67. The standard InChI is InChI=1S/C18H22N2O6/c1-10(15(21)19(3)18(25)26)8-11(2)16(22)20-13-7-5-4-6-12(13)9-14(20)17(23)24/h4-7,10-11,14H,8-9H2,1-3H3,(H,23,24)(H,25,26)/t10-,11-,14+/m1/s1. The average molecular weight is 362 g/mol. The van der Waals surface area contributed by atoms with Crippen molar-refractivity contribution in [1.29, 1.82) is 0 Å². The molecule has 0 fully saturated rings. The van der Waals surface area contributed by atoms with Gasteiger partial charge in [0.15, 0.2) is 0 Å². The first-order chi connectivity index (χ1) is 12.1. The SMILES string of the molecule is C[C@H](C[C@@H](C)C(=O)N1c2ccccc2C[C@H]1C(=O)O)C(=O)N(C)C(=O)O. The third kappa shape index (κ3) is 3.68. The maximum Gasteiger partial charge on any atom is 0.413 e. The van der Waals surface area contributed by atoms with E-state index in [1.165, 1.54) is 4.90 Å². The molecule has 1 aromatic carbocycles. The lowest BCUT2D eigenvalue weighted by Gasteiger charge is -2.27. The van der Waals surface area contributed by atoms with Crippen LogP contribution in [0.25, 0.3) is 0 Å². The number of fused-ring (bicyclic) bond motifs is 1. The highest BCUT2D eigenvalue weighted by Gasteiger charge is 2.40. The van der Waals surface area contributed by atoms with Gasteiger partial charge in [-0.3, -0.25) is 19.4 Å². The predicted octanol–water partition coefficient (Wildman–Crippen LogP) is 1.83. The van der Waals surface area contributed by atoms with Gasteiger partial charge in [0.1, 0.15) is 6.04 Å². The van der Waals surface area contributed by atoms with Gasteiger partial charge in [0.2, 0.25) is 11.8 Å². The normalized spacial score (nSPS) is 18.0. The number of carboxylic acid groups (broad SMARTS) is 2. The number of carbonyl (C=O) groups excluding carboxylic acids is 2. The van der Waals surface area contributed by atoms with Gasteiger partial charge in [0.05, 0.1) is 0 Å². The maximum atomic E-state index is 12.9. The highest BCUT2D eigenvalue weighted by molar-refractivity contribution is 6.03. The van der Waals surface area contributed by atoms with Crippen LogP contribution in [0.3, 0.4) is 0 Å². The highest BCUT2D eigenvalue weighted by Crippen LogP contribution is 2.34. The molecule has 0 aliphatic carbocycles. The van der Waals surface area contributed by atoms with Crippen LogP contribution in [0.1, 0.15) is 25.8 Å². The minimum Gasteiger partial charge on any atom is -0.480 e. The summed E-state index contributed by atoms with van der Waals surface area (Å²) in [7, 11) is 1.16. The summed E-state index contributed by atoms with van der Waals surface area (Å²) < 4.78 is 0. The summed E-state index contributed by atoms with van der Waals surface area (Å²) in [6, 6.07) is 6.04. The number of para-hydroxylation sites is 1. The molecule has 1 aliphatic rings. The molecule has 0 spiro atoms. The van der Waals surface area contributed by atoms with E-state index >= 15 is 0 Å². The fourth-order valence-electron chi connectivity index (χ4n) is 3.25. The molecule has 1 aromatic rings. The number of aliphatic carboxylic acids is 1. The lowest BCUT2D eigenvalue weighted by molar-refractivity contribution is -0.140. The number of rotatable bonds is 5. The molecule has 8 heteroatoms. The van der Waals surface area contributed by atoms with E-state index in [2.05, 4.69) is 0 Å². The highest BCUT2D eigenvalue weighted by atomic mass is 16.4. The van der Waals surface area contributed by atoms with E-state index in [4.69, 9.17) is 5.11 Å². The quantitative estimate of drug-likeness (QED) is 0.826. The molecule has 26 heavy (non-hydrogen) atoms. The van der Waals surface area contributed by atoms with Gasteiger partial charge in [-0.1, -0.05) is 32.0 Å². The first kappa shape index (κ1) is 19.4. The summed E-state index contributed by atoms with van der Waals surface area (Å²) in [6.07, 6.45) is -0.999. The molecule has 3 atom stereocenters. The van der Waals surface area contributed by atoms with E-state index in [9.17, 15) is 24.3 Å². The van der Waals surface area contributed by atoms with Crippen molar-refractivity contribution >= 4 is 29.6 Å². The number of carbonyl (C=O) groups is 4. The molecule has 0 saturated heterocycles. The number of nitrogens with zero attached hydrogens (tertiary/aromatic N) is 2. The van der Waals surface area contributed by atoms with Crippen molar-refractivity contribution < 1.29 is 29.4 Å². The molecule has 0 bridgehead atoms. The Morgan fingerprint density at radius 3 is 2.35 bits per heavy atom. The monoisotopic (exact) mass is 362 g/mol. The molecule has 1 heterocycles. The fourth-order valence-corrected chi connectivity index (χ4v) is 3.25. The number of imide groups is 1. The van der Waals surface area contributed by atoms with Crippen molar-refractivity contribution in [3.8, 4) is 0 Å². The van der Waals surface area contributed by atoms with Gasteiger partial charge in [-0.15, -0.1) is 0 Å². The molecule has 8 nitrogen and oxygen atoms in total. The summed E-state index contributed by atoms with van der Waals surface area (Å²) in [5.74, 6) is -3.40. The Balaban J connectivity index is 2.17. The largest absolute Gasteiger partial charge is 0.480 e. The summed E-state index contributed by atoms with van der Waals surface area (Å²) >= 11 is 0. The Bertz CT molecular complexity index is 747. The van der Waals surface area contributed by atoms with Crippen LogP contribution in [0, 0.1) is 11.8 Å². The number of carboxylic acids is 1.